The number of cyclic esters (lactones) is 1. The largest absolute Gasteiger partial charge is 0.442 e. The molecule has 1 heterocycles. The molecule has 7 heteroatoms. The topological polar surface area (TPSA) is 91.2 Å². The highest BCUT2D eigenvalue weighted by Gasteiger charge is 2.32. The van der Waals surface area contributed by atoms with Gasteiger partial charge in [-0.1, -0.05) is 0 Å². The smallest absolute Gasteiger partial charge is 0.414 e. The summed E-state index contributed by atoms with van der Waals surface area (Å²) in [7, 11) is 0. The Morgan fingerprint density at radius 2 is 2.10 bits per heavy atom. The Labute approximate surface area is 122 Å². The van der Waals surface area contributed by atoms with Crippen LogP contribution >= 0.6 is 0 Å². The van der Waals surface area contributed by atoms with E-state index >= 15 is 0 Å². The van der Waals surface area contributed by atoms with Crippen LogP contribution < -0.4 is 10.4 Å². The fourth-order valence-corrected chi connectivity index (χ4v) is 1.98. The number of hydrogen-bond acceptors (Lipinski definition) is 5. The summed E-state index contributed by atoms with van der Waals surface area (Å²) in [5.41, 5.74) is 3.19. The van der Waals surface area contributed by atoms with Crippen LogP contribution in [0.3, 0.4) is 0 Å². The zero-order chi connectivity index (χ0) is 15.4. The molecule has 2 rings (SSSR count). The highest BCUT2D eigenvalue weighted by molar-refractivity contribution is 5.95. The minimum absolute atomic E-state index is 0.0234. The van der Waals surface area contributed by atoms with Gasteiger partial charge in [0.05, 0.1) is 13.1 Å². The van der Waals surface area contributed by atoms with Crippen LogP contribution in [0.5, 0.6) is 0 Å². The van der Waals surface area contributed by atoms with Gasteiger partial charge < -0.3 is 4.74 Å². The summed E-state index contributed by atoms with van der Waals surface area (Å²) in [4.78, 5) is 28.6. The zero-order valence-electron chi connectivity index (χ0n) is 11.9. The van der Waals surface area contributed by atoms with Crippen LogP contribution in [0.25, 0.3) is 0 Å². The van der Waals surface area contributed by atoms with Crippen molar-refractivity contribution in [1.82, 2.24) is 5.48 Å². The fraction of sp³-hybridized carbons (Fsp3) is 0.357. The summed E-state index contributed by atoms with van der Waals surface area (Å²) in [6, 6.07) is 6.78. The lowest BCUT2D eigenvalue weighted by molar-refractivity contribution is 0.101. The first-order valence-corrected chi connectivity index (χ1v) is 6.51. The molecule has 0 spiro atoms. The van der Waals surface area contributed by atoms with Crippen LogP contribution in [0.15, 0.2) is 29.3 Å². The molecule has 1 aliphatic heterocycles. The summed E-state index contributed by atoms with van der Waals surface area (Å²) >= 11 is 0. The van der Waals surface area contributed by atoms with Crippen molar-refractivity contribution in [2.24, 2.45) is 4.99 Å². The monoisotopic (exact) mass is 291 g/mol. The Kier molecular flexibility index (Phi) is 4.54. The average molecular weight is 291 g/mol. The number of amidine groups is 1. The molecule has 0 saturated carbocycles. The van der Waals surface area contributed by atoms with Gasteiger partial charge in [0, 0.05) is 11.3 Å². The van der Waals surface area contributed by atoms with E-state index in [1.54, 1.807) is 31.2 Å². The van der Waals surface area contributed by atoms with Crippen LogP contribution in [0, 0.1) is 0 Å². The number of aliphatic imine (C=N–C) groups is 1. The average Bonchev–Trinajstić information content (AvgIpc) is 2.86. The molecule has 7 nitrogen and oxygen atoms in total. The highest BCUT2D eigenvalue weighted by atomic mass is 16.6. The maximum atomic E-state index is 11.8. The molecule has 1 fully saturated rings. The van der Waals surface area contributed by atoms with E-state index in [0.717, 1.165) is 0 Å². The van der Waals surface area contributed by atoms with Gasteiger partial charge in [-0.2, -0.15) is 0 Å². The van der Waals surface area contributed by atoms with Crippen molar-refractivity contribution in [2.45, 2.75) is 20.0 Å². The van der Waals surface area contributed by atoms with E-state index in [9.17, 15) is 9.59 Å². The summed E-state index contributed by atoms with van der Waals surface area (Å²) in [5, 5.41) is 8.63. The third-order valence-corrected chi connectivity index (χ3v) is 3.15. The highest BCUT2D eigenvalue weighted by Crippen LogP contribution is 2.22. The summed E-state index contributed by atoms with van der Waals surface area (Å²) in [6.07, 6.45) is -0.811. The molecule has 112 valence electrons. The SMILES string of the molecule is CC(=O)c1ccc(N2CC(CN=C(C)NO)OC2=O)cc1. The van der Waals surface area contributed by atoms with Crippen molar-refractivity contribution in [1.29, 1.82) is 0 Å². The number of ketones is 1. The number of amides is 1. The molecular formula is C14H17N3O4. The Morgan fingerprint density at radius 3 is 2.67 bits per heavy atom. The molecule has 1 saturated heterocycles. The predicted molar refractivity (Wildman–Crippen MR) is 77.0 cm³/mol. The number of carbonyl (C=O) groups is 2. The van der Waals surface area contributed by atoms with Crippen molar-refractivity contribution < 1.29 is 19.5 Å². The van der Waals surface area contributed by atoms with Crippen LogP contribution in [0.4, 0.5) is 10.5 Å². The number of carbonyl (C=O) groups excluding carboxylic acids is 2. The number of benzene rings is 1. The molecule has 0 aromatic heterocycles. The lowest BCUT2D eigenvalue weighted by Crippen LogP contribution is -2.25. The number of hydrogen-bond donors (Lipinski definition) is 2. The van der Waals surface area contributed by atoms with Gasteiger partial charge in [-0.25, -0.2) is 4.79 Å². The molecule has 1 unspecified atom stereocenters. The van der Waals surface area contributed by atoms with Gasteiger partial charge in [-0.15, -0.1) is 0 Å². The molecule has 1 amide bonds. The van der Waals surface area contributed by atoms with E-state index in [1.165, 1.54) is 11.8 Å². The minimum atomic E-state index is -0.444. The van der Waals surface area contributed by atoms with Crippen LogP contribution in [-0.4, -0.2) is 42.1 Å². The predicted octanol–water partition coefficient (Wildman–Crippen LogP) is 1.61. The molecular weight excluding hydrogens is 274 g/mol. The Hall–Kier alpha value is -2.41. The first-order valence-electron chi connectivity index (χ1n) is 6.51. The van der Waals surface area contributed by atoms with E-state index in [0.29, 0.717) is 23.6 Å². The number of Topliss-reactive ketones (excluding diaryl/α,β-unsaturated/α-hetero) is 1. The minimum Gasteiger partial charge on any atom is -0.442 e. The molecule has 0 radical (unpaired) electrons. The van der Waals surface area contributed by atoms with Gasteiger partial charge in [-0.3, -0.25) is 25.4 Å². The third kappa shape index (κ3) is 3.57. The van der Waals surface area contributed by atoms with E-state index in [-0.39, 0.29) is 18.4 Å². The number of nitrogens with zero attached hydrogens (tertiary/aromatic N) is 2. The Bertz CT molecular complexity index is 568. The first-order chi connectivity index (χ1) is 10.0. The standard InChI is InChI=1S/C14H17N3O4/c1-9(18)11-3-5-12(6-4-11)17-8-13(21-14(17)19)7-15-10(2)16-20/h3-6,13,20H,7-8H2,1-2H3,(H,15,16). The van der Waals surface area contributed by atoms with E-state index in [1.807, 2.05) is 5.48 Å². The van der Waals surface area contributed by atoms with Gasteiger partial charge in [0.25, 0.3) is 0 Å². The van der Waals surface area contributed by atoms with Crippen LogP contribution in [0.2, 0.25) is 0 Å². The lowest BCUT2D eigenvalue weighted by Gasteiger charge is -2.12. The molecule has 0 bridgehead atoms. The van der Waals surface area contributed by atoms with Crippen LogP contribution in [0.1, 0.15) is 24.2 Å². The Morgan fingerprint density at radius 1 is 1.43 bits per heavy atom. The first kappa shape index (κ1) is 15.0. The van der Waals surface area contributed by atoms with Crippen molar-refractivity contribution in [3.63, 3.8) is 0 Å². The van der Waals surface area contributed by atoms with Gasteiger partial charge in [0.1, 0.15) is 11.9 Å². The van der Waals surface area contributed by atoms with Crippen molar-refractivity contribution in [3.8, 4) is 0 Å². The third-order valence-electron chi connectivity index (χ3n) is 3.15. The number of hydroxylamine groups is 1. The van der Waals surface area contributed by atoms with Crippen molar-refractivity contribution in [3.05, 3.63) is 29.8 Å². The van der Waals surface area contributed by atoms with Gasteiger partial charge in [0.15, 0.2) is 5.78 Å². The van der Waals surface area contributed by atoms with Gasteiger partial charge in [-0.05, 0) is 38.1 Å². The normalized spacial score (nSPS) is 18.6. The number of rotatable bonds is 4. The Balaban J connectivity index is 2.04. The fourth-order valence-electron chi connectivity index (χ4n) is 1.98. The summed E-state index contributed by atoms with van der Waals surface area (Å²) in [6.45, 7) is 3.74. The quantitative estimate of drug-likeness (QED) is 0.380. The van der Waals surface area contributed by atoms with Crippen molar-refractivity contribution in [2.75, 3.05) is 18.0 Å². The summed E-state index contributed by atoms with van der Waals surface area (Å²) in [5.74, 6) is 0.333. The molecule has 0 aliphatic carbocycles. The maximum absolute atomic E-state index is 11.8. The molecule has 1 atom stereocenters. The maximum Gasteiger partial charge on any atom is 0.414 e. The second-order valence-electron chi connectivity index (χ2n) is 4.76. The lowest BCUT2D eigenvalue weighted by atomic mass is 10.1. The zero-order valence-corrected chi connectivity index (χ0v) is 11.9. The molecule has 1 aromatic rings. The van der Waals surface area contributed by atoms with Crippen LogP contribution in [-0.2, 0) is 4.74 Å². The molecule has 1 aliphatic rings. The second-order valence-corrected chi connectivity index (χ2v) is 4.76. The van der Waals surface area contributed by atoms with Gasteiger partial charge in [0.2, 0.25) is 0 Å². The van der Waals surface area contributed by atoms with E-state index < -0.39 is 6.09 Å². The molecule has 2 N–H and O–H groups in total. The second kappa shape index (κ2) is 6.36. The summed E-state index contributed by atoms with van der Waals surface area (Å²) < 4.78 is 5.20. The molecule has 21 heavy (non-hydrogen) atoms. The van der Waals surface area contributed by atoms with E-state index in [4.69, 9.17) is 9.94 Å². The number of anilines is 1. The van der Waals surface area contributed by atoms with Crippen molar-refractivity contribution >= 4 is 23.4 Å². The van der Waals surface area contributed by atoms with Gasteiger partial charge >= 0.3 is 6.09 Å². The van der Waals surface area contributed by atoms with E-state index in [2.05, 4.69) is 4.99 Å². The number of nitrogens with one attached hydrogen (secondary N) is 1. The number of ether oxygens (including phenoxy) is 1. The molecule has 1 aromatic carbocycles.